The van der Waals surface area contributed by atoms with Crippen LogP contribution in [-0.2, 0) is 9.53 Å². The van der Waals surface area contributed by atoms with Crippen molar-refractivity contribution in [3.8, 4) is 0 Å². The Kier molecular flexibility index (Phi) is 14.4. The Morgan fingerprint density at radius 3 is 2.07 bits per heavy atom. The van der Waals surface area contributed by atoms with Crippen molar-refractivity contribution in [2.75, 3.05) is 13.2 Å². The second-order valence-corrected chi connectivity index (χ2v) is 8.24. The van der Waals surface area contributed by atoms with Crippen LogP contribution in [0.4, 0.5) is 0 Å². The van der Waals surface area contributed by atoms with Crippen molar-refractivity contribution in [2.24, 2.45) is 11.8 Å². The van der Waals surface area contributed by atoms with Gasteiger partial charge in [0.15, 0.2) is 0 Å². The second-order valence-electron chi connectivity index (χ2n) is 8.24. The minimum atomic E-state index is -1.74. The van der Waals surface area contributed by atoms with Crippen molar-refractivity contribution < 1.29 is 35.1 Å². The van der Waals surface area contributed by atoms with Crippen LogP contribution in [0, 0.1) is 11.8 Å². The van der Waals surface area contributed by atoms with E-state index in [0.717, 1.165) is 30.8 Å². The van der Waals surface area contributed by atoms with Crippen molar-refractivity contribution >= 4 is 5.97 Å². The van der Waals surface area contributed by atoms with Gasteiger partial charge >= 0.3 is 5.97 Å². The molecule has 5 N–H and O–H groups in total. The van der Waals surface area contributed by atoms with Gasteiger partial charge in [-0.15, -0.1) is 0 Å². The zero-order chi connectivity index (χ0) is 21.7. The fourth-order valence-corrected chi connectivity index (χ4v) is 2.89. The second kappa shape index (κ2) is 14.9. The zero-order valence-electron chi connectivity index (χ0n) is 17.8. The molecule has 0 fully saturated rings. The van der Waals surface area contributed by atoms with E-state index in [-0.39, 0.29) is 0 Å². The van der Waals surface area contributed by atoms with Crippen LogP contribution in [0.15, 0.2) is 11.6 Å². The predicted molar refractivity (Wildman–Crippen MR) is 108 cm³/mol. The molecular formula is C21H40O7. The summed E-state index contributed by atoms with van der Waals surface area (Å²) in [6, 6.07) is 0. The zero-order valence-corrected chi connectivity index (χ0v) is 17.8. The van der Waals surface area contributed by atoms with Gasteiger partial charge in [-0.05, 0) is 31.6 Å². The lowest BCUT2D eigenvalue weighted by Crippen LogP contribution is -2.47. The highest BCUT2D eigenvalue weighted by molar-refractivity contribution is 5.82. The molecule has 0 saturated carbocycles. The van der Waals surface area contributed by atoms with Crippen LogP contribution >= 0.6 is 0 Å². The van der Waals surface area contributed by atoms with Crippen molar-refractivity contribution in [2.45, 2.75) is 90.6 Å². The maximum atomic E-state index is 11.8. The highest BCUT2D eigenvalue weighted by Crippen LogP contribution is 2.19. The summed E-state index contributed by atoms with van der Waals surface area (Å²) >= 11 is 0. The van der Waals surface area contributed by atoms with Crippen LogP contribution < -0.4 is 0 Å². The van der Waals surface area contributed by atoms with Gasteiger partial charge in [-0.3, -0.25) is 0 Å². The summed E-state index contributed by atoms with van der Waals surface area (Å²) in [6.07, 6.45) is 1.34. The quantitative estimate of drug-likeness (QED) is 0.207. The van der Waals surface area contributed by atoms with E-state index in [1.807, 2.05) is 6.92 Å². The largest absolute Gasteiger partial charge is 0.460 e. The molecule has 0 aromatic heterocycles. The molecule has 0 saturated heterocycles. The van der Waals surface area contributed by atoms with E-state index in [2.05, 4.69) is 20.8 Å². The highest BCUT2D eigenvalue weighted by atomic mass is 16.5. The van der Waals surface area contributed by atoms with Gasteiger partial charge in [0.05, 0.1) is 6.61 Å². The first-order valence-corrected chi connectivity index (χ1v) is 10.3. The van der Waals surface area contributed by atoms with Crippen LogP contribution in [0.5, 0.6) is 0 Å². The summed E-state index contributed by atoms with van der Waals surface area (Å²) in [7, 11) is 0. The number of aliphatic hydroxyl groups is 5. The normalized spacial score (nSPS) is 17.9. The smallest absolute Gasteiger partial charge is 0.330 e. The SMILES string of the molecule is C/C(=C\C(=O)OC[C@@H](O)[C@H](O)[C@@H](O)[C@@H](O)CO)CCCC(C)CCCC(C)C. The first kappa shape index (κ1) is 27.0. The summed E-state index contributed by atoms with van der Waals surface area (Å²) in [6.45, 7) is 7.28. The number of esters is 1. The Balaban J connectivity index is 4.13. The first-order chi connectivity index (χ1) is 13.1. The number of hydrogen-bond acceptors (Lipinski definition) is 7. The number of allylic oxidation sites excluding steroid dienone is 1. The molecule has 0 spiro atoms. The summed E-state index contributed by atoms with van der Waals surface area (Å²) in [5.74, 6) is 0.771. The average molecular weight is 405 g/mol. The number of aliphatic hydroxyl groups excluding tert-OH is 5. The van der Waals surface area contributed by atoms with Gasteiger partial charge in [0.2, 0.25) is 0 Å². The Hall–Kier alpha value is -0.990. The minimum absolute atomic E-state index is 0.522. The van der Waals surface area contributed by atoms with Gasteiger partial charge in [-0.2, -0.15) is 0 Å². The number of carbonyl (C=O) groups excluding carboxylic acids is 1. The molecule has 0 aliphatic heterocycles. The number of ether oxygens (including phenoxy) is 1. The molecule has 166 valence electrons. The molecule has 0 rings (SSSR count). The van der Waals surface area contributed by atoms with E-state index in [4.69, 9.17) is 9.84 Å². The Morgan fingerprint density at radius 2 is 1.50 bits per heavy atom. The maximum Gasteiger partial charge on any atom is 0.330 e. The van der Waals surface area contributed by atoms with Gasteiger partial charge in [0.25, 0.3) is 0 Å². The molecule has 0 aromatic rings. The van der Waals surface area contributed by atoms with Crippen molar-refractivity contribution in [3.63, 3.8) is 0 Å². The third-order valence-corrected chi connectivity index (χ3v) is 4.83. The van der Waals surface area contributed by atoms with E-state index < -0.39 is 43.6 Å². The lowest BCUT2D eigenvalue weighted by atomic mass is 9.94. The molecule has 0 aliphatic rings. The molecule has 1 unspecified atom stereocenters. The van der Waals surface area contributed by atoms with E-state index in [9.17, 15) is 25.2 Å². The lowest BCUT2D eigenvalue weighted by molar-refractivity contribution is -0.151. The third kappa shape index (κ3) is 12.5. The lowest BCUT2D eigenvalue weighted by Gasteiger charge is -2.25. The molecule has 7 heteroatoms. The minimum Gasteiger partial charge on any atom is -0.460 e. The molecular weight excluding hydrogens is 364 g/mol. The van der Waals surface area contributed by atoms with Gasteiger partial charge < -0.3 is 30.3 Å². The third-order valence-electron chi connectivity index (χ3n) is 4.83. The monoisotopic (exact) mass is 404 g/mol. The fraction of sp³-hybridized carbons (Fsp3) is 0.857. The van der Waals surface area contributed by atoms with Crippen molar-refractivity contribution in [1.29, 1.82) is 0 Å². The van der Waals surface area contributed by atoms with Gasteiger partial charge in [0, 0.05) is 6.08 Å². The molecule has 0 radical (unpaired) electrons. The maximum absolute atomic E-state index is 11.8. The molecule has 0 heterocycles. The molecule has 5 atom stereocenters. The highest BCUT2D eigenvalue weighted by Gasteiger charge is 2.30. The molecule has 7 nitrogen and oxygen atoms in total. The average Bonchev–Trinajstić information content (AvgIpc) is 2.63. The summed E-state index contributed by atoms with van der Waals surface area (Å²) in [4.78, 5) is 11.8. The molecule has 0 aliphatic carbocycles. The summed E-state index contributed by atoms with van der Waals surface area (Å²) < 4.78 is 4.88. The van der Waals surface area contributed by atoms with Crippen molar-refractivity contribution in [3.05, 3.63) is 11.6 Å². The summed E-state index contributed by atoms with van der Waals surface area (Å²) in [5.41, 5.74) is 0.880. The molecule has 0 amide bonds. The molecule has 0 aromatic carbocycles. The molecule has 0 bridgehead atoms. The topological polar surface area (TPSA) is 127 Å². The van der Waals surface area contributed by atoms with Gasteiger partial charge in [-0.1, -0.05) is 52.0 Å². The van der Waals surface area contributed by atoms with E-state index in [1.165, 1.54) is 25.3 Å². The van der Waals surface area contributed by atoms with E-state index in [1.54, 1.807) is 0 Å². The van der Waals surface area contributed by atoms with Crippen LogP contribution in [0.1, 0.15) is 66.2 Å². The molecule has 28 heavy (non-hydrogen) atoms. The van der Waals surface area contributed by atoms with E-state index in [0.29, 0.717) is 5.92 Å². The Morgan fingerprint density at radius 1 is 0.929 bits per heavy atom. The standard InChI is InChI=1S/C21H40O7/c1-14(2)7-5-8-15(3)9-6-10-16(4)11-19(25)28-13-18(24)21(27)20(26)17(23)12-22/h11,14-15,17-18,20-24,26-27H,5-10,12-13H2,1-4H3/b16-11+/t15?,17-,18+,20-,21-/m0/s1. The van der Waals surface area contributed by atoms with Crippen LogP contribution in [0.2, 0.25) is 0 Å². The van der Waals surface area contributed by atoms with Crippen molar-refractivity contribution in [1.82, 2.24) is 0 Å². The Labute approximate surface area is 169 Å². The first-order valence-electron chi connectivity index (χ1n) is 10.3. The fourth-order valence-electron chi connectivity index (χ4n) is 2.89. The Bertz CT molecular complexity index is 450. The van der Waals surface area contributed by atoms with Crippen LogP contribution in [-0.4, -0.2) is 69.1 Å². The number of carbonyl (C=O) groups is 1. The number of rotatable bonds is 15. The predicted octanol–water partition coefficient (Wildman–Crippen LogP) is 1.54. The number of hydrogen-bond donors (Lipinski definition) is 5. The van der Waals surface area contributed by atoms with Gasteiger partial charge in [-0.25, -0.2) is 4.79 Å². The van der Waals surface area contributed by atoms with Crippen LogP contribution in [0.3, 0.4) is 0 Å². The van der Waals surface area contributed by atoms with Gasteiger partial charge in [0.1, 0.15) is 31.0 Å². The van der Waals surface area contributed by atoms with E-state index >= 15 is 0 Å². The summed E-state index contributed by atoms with van der Waals surface area (Å²) in [5, 5.41) is 46.9. The van der Waals surface area contributed by atoms with Crippen LogP contribution in [0.25, 0.3) is 0 Å².